The summed E-state index contributed by atoms with van der Waals surface area (Å²) < 4.78 is 28.4. The van der Waals surface area contributed by atoms with Gasteiger partial charge in [0.25, 0.3) is 0 Å². The van der Waals surface area contributed by atoms with Crippen molar-refractivity contribution in [2.75, 3.05) is 51.5 Å². The molecule has 0 spiro atoms. The van der Waals surface area contributed by atoms with Gasteiger partial charge in [-0.3, -0.25) is 4.99 Å². The predicted octanol–water partition coefficient (Wildman–Crippen LogP) is 2.00. The molecule has 0 radical (unpaired) electrons. The maximum Gasteiger partial charge on any atom is 0.194 e. The molecular weight excluding hydrogens is 388 g/mol. The van der Waals surface area contributed by atoms with Gasteiger partial charge in [-0.05, 0) is 42.0 Å². The van der Waals surface area contributed by atoms with Crippen LogP contribution in [0.15, 0.2) is 58.4 Å². The minimum absolute atomic E-state index is 0.334. The van der Waals surface area contributed by atoms with E-state index in [1.807, 2.05) is 24.3 Å². The van der Waals surface area contributed by atoms with Gasteiger partial charge in [0.05, 0.1) is 12.0 Å². The number of aliphatic imine (C=N–C) groups is 1. The highest BCUT2D eigenvalue weighted by Gasteiger charge is 2.20. The fourth-order valence-corrected chi connectivity index (χ4v) is 3.97. The maximum absolute atomic E-state index is 11.6. The quantitative estimate of drug-likeness (QED) is 0.594. The molecular formula is C21H28N4O3S. The molecule has 1 N–H and O–H groups in total. The standard InChI is InChI=1S/C21H28N4O3S/c1-22-21(23-16-17-4-10-20(11-5-17)29(3,26)27)25-14-12-24(13-15-25)18-6-8-19(28-2)9-7-18/h4-11H,12-16H2,1-3H3,(H,22,23). The van der Waals surface area contributed by atoms with E-state index in [2.05, 4.69) is 32.2 Å². The summed E-state index contributed by atoms with van der Waals surface area (Å²) in [4.78, 5) is 9.33. The molecule has 1 fully saturated rings. The molecule has 8 heteroatoms. The van der Waals surface area contributed by atoms with Gasteiger partial charge in [0.15, 0.2) is 15.8 Å². The van der Waals surface area contributed by atoms with Gasteiger partial charge in [0, 0.05) is 51.7 Å². The van der Waals surface area contributed by atoms with Crippen LogP contribution in [-0.2, 0) is 16.4 Å². The largest absolute Gasteiger partial charge is 0.497 e. The Bertz CT molecular complexity index is 933. The normalized spacial score (nSPS) is 15.3. The average Bonchev–Trinajstić information content (AvgIpc) is 2.74. The highest BCUT2D eigenvalue weighted by Crippen LogP contribution is 2.20. The van der Waals surface area contributed by atoms with Gasteiger partial charge in [-0.1, -0.05) is 12.1 Å². The van der Waals surface area contributed by atoms with Crippen molar-refractivity contribution in [1.82, 2.24) is 10.2 Å². The van der Waals surface area contributed by atoms with Crippen LogP contribution < -0.4 is 15.0 Å². The average molecular weight is 417 g/mol. The molecule has 1 aliphatic heterocycles. The van der Waals surface area contributed by atoms with Crippen LogP contribution in [0.2, 0.25) is 0 Å². The number of guanidine groups is 1. The Balaban J connectivity index is 1.53. The molecule has 0 aromatic heterocycles. The monoisotopic (exact) mass is 416 g/mol. The molecule has 0 bridgehead atoms. The second-order valence-electron chi connectivity index (χ2n) is 6.99. The summed E-state index contributed by atoms with van der Waals surface area (Å²) in [5.74, 6) is 1.72. The van der Waals surface area contributed by atoms with E-state index in [0.29, 0.717) is 11.4 Å². The third-order valence-corrected chi connectivity index (χ3v) is 6.16. The van der Waals surface area contributed by atoms with E-state index in [0.717, 1.165) is 43.5 Å². The van der Waals surface area contributed by atoms with Crippen LogP contribution >= 0.6 is 0 Å². The molecule has 1 heterocycles. The molecule has 7 nitrogen and oxygen atoms in total. The molecule has 3 rings (SSSR count). The van der Waals surface area contributed by atoms with Crippen molar-refractivity contribution in [1.29, 1.82) is 0 Å². The minimum atomic E-state index is -3.17. The molecule has 0 atom stereocenters. The zero-order valence-electron chi connectivity index (χ0n) is 17.1. The lowest BCUT2D eigenvalue weighted by molar-refractivity contribution is 0.372. The number of nitrogens with zero attached hydrogens (tertiary/aromatic N) is 3. The number of sulfone groups is 1. The third-order valence-electron chi connectivity index (χ3n) is 5.03. The van der Waals surface area contributed by atoms with Crippen molar-refractivity contribution in [3.63, 3.8) is 0 Å². The van der Waals surface area contributed by atoms with Crippen LogP contribution in [-0.4, -0.2) is 65.9 Å². The fraction of sp³-hybridized carbons (Fsp3) is 0.381. The van der Waals surface area contributed by atoms with Gasteiger partial charge in [-0.15, -0.1) is 0 Å². The molecule has 2 aromatic rings. The van der Waals surface area contributed by atoms with E-state index in [1.54, 1.807) is 26.3 Å². The first-order chi connectivity index (χ1) is 13.9. The summed E-state index contributed by atoms with van der Waals surface area (Å²) >= 11 is 0. The van der Waals surface area contributed by atoms with Crippen molar-refractivity contribution >= 4 is 21.5 Å². The highest BCUT2D eigenvalue weighted by atomic mass is 32.2. The molecule has 0 aliphatic carbocycles. The number of benzene rings is 2. The Hall–Kier alpha value is -2.74. The first-order valence-electron chi connectivity index (χ1n) is 9.54. The summed E-state index contributed by atoms with van der Waals surface area (Å²) in [6.45, 7) is 4.17. The van der Waals surface area contributed by atoms with Gasteiger partial charge in [-0.25, -0.2) is 8.42 Å². The first kappa shape index (κ1) is 21.0. The van der Waals surface area contributed by atoms with Crippen molar-refractivity contribution in [3.05, 3.63) is 54.1 Å². The minimum Gasteiger partial charge on any atom is -0.497 e. The number of ether oxygens (including phenoxy) is 1. The Labute approximate surface area is 172 Å². The first-order valence-corrected chi connectivity index (χ1v) is 11.4. The Morgan fingerprint density at radius 3 is 2.17 bits per heavy atom. The smallest absolute Gasteiger partial charge is 0.194 e. The van der Waals surface area contributed by atoms with E-state index in [-0.39, 0.29) is 0 Å². The van der Waals surface area contributed by atoms with Gasteiger partial charge in [0.2, 0.25) is 0 Å². The summed E-state index contributed by atoms with van der Waals surface area (Å²) in [6.07, 6.45) is 1.22. The molecule has 156 valence electrons. The van der Waals surface area contributed by atoms with E-state index in [1.165, 1.54) is 11.9 Å². The molecule has 1 saturated heterocycles. The number of piperazine rings is 1. The van der Waals surface area contributed by atoms with E-state index < -0.39 is 9.84 Å². The van der Waals surface area contributed by atoms with Crippen molar-refractivity contribution in [3.8, 4) is 5.75 Å². The highest BCUT2D eigenvalue weighted by molar-refractivity contribution is 7.90. The number of nitrogens with one attached hydrogen (secondary N) is 1. The van der Waals surface area contributed by atoms with Crippen LogP contribution in [0.25, 0.3) is 0 Å². The number of rotatable bonds is 5. The predicted molar refractivity (Wildman–Crippen MR) is 117 cm³/mol. The zero-order valence-corrected chi connectivity index (χ0v) is 17.9. The summed E-state index contributed by atoms with van der Waals surface area (Å²) in [5.41, 5.74) is 2.20. The lowest BCUT2D eigenvalue weighted by Crippen LogP contribution is -2.52. The SMILES string of the molecule is CN=C(NCc1ccc(S(C)(=O)=O)cc1)N1CCN(c2ccc(OC)cc2)CC1. The van der Waals surface area contributed by atoms with Crippen molar-refractivity contribution in [2.45, 2.75) is 11.4 Å². The number of anilines is 1. The van der Waals surface area contributed by atoms with E-state index >= 15 is 0 Å². The Kier molecular flexibility index (Phi) is 6.64. The second-order valence-corrected chi connectivity index (χ2v) is 9.00. The summed E-state index contributed by atoms with van der Waals surface area (Å²) in [7, 11) is 0.287. The van der Waals surface area contributed by atoms with Crippen molar-refractivity contribution in [2.24, 2.45) is 4.99 Å². The van der Waals surface area contributed by atoms with E-state index in [9.17, 15) is 8.42 Å². The molecule has 2 aromatic carbocycles. The maximum atomic E-state index is 11.6. The number of methoxy groups -OCH3 is 1. The van der Waals surface area contributed by atoms with Gasteiger partial charge >= 0.3 is 0 Å². The summed E-state index contributed by atoms with van der Waals surface area (Å²) in [6, 6.07) is 15.1. The topological polar surface area (TPSA) is 74.2 Å². The van der Waals surface area contributed by atoms with Crippen LogP contribution in [0.4, 0.5) is 5.69 Å². The van der Waals surface area contributed by atoms with Crippen molar-refractivity contribution < 1.29 is 13.2 Å². The zero-order chi connectivity index (χ0) is 20.9. The van der Waals surface area contributed by atoms with Crippen LogP contribution in [0.1, 0.15) is 5.56 Å². The summed E-state index contributed by atoms with van der Waals surface area (Å²) in [5, 5.41) is 3.37. The molecule has 0 unspecified atom stereocenters. The van der Waals surface area contributed by atoms with E-state index in [4.69, 9.17) is 4.74 Å². The fourth-order valence-electron chi connectivity index (χ4n) is 3.34. The lowest BCUT2D eigenvalue weighted by Gasteiger charge is -2.37. The number of hydrogen-bond acceptors (Lipinski definition) is 5. The van der Waals surface area contributed by atoms with Gasteiger partial charge < -0.3 is 19.9 Å². The van der Waals surface area contributed by atoms with Crippen LogP contribution in [0.3, 0.4) is 0 Å². The third kappa shape index (κ3) is 5.41. The molecule has 0 amide bonds. The number of hydrogen-bond donors (Lipinski definition) is 1. The molecule has 29 heavy (non-hydrogen) atoms. The van der Waals surface area contributed by atoms with Crippen LogP contribution in [0, 0.1) is 0 Å². The van der Waals surface area contributed by atoms with Gasteiger partial charge in [-0.2, -0.15) is 0 Å². The Morgan fingerprint density at radius 2 is 1.66 bits per heavy atom. The molecule has 1 aliphatic rings. The Morgan fingerprint density at radius 1 is 1.03 bits per heavy atom. The van der Waals surface area contributed by atoms with Crippen LogP contribution in [0.5, 0.6) is 5.75 Å². The second kappa shape index (κ2) is 9.17. The lowest BCUT2D eigenvalue weighted by atomic mass is 10.2. The molecule has 0 saturated carbocycles. The van der Waals surface area contributed by atoms with Gasteiger partial charge in [0.1, 0.15) is 5.75 Å².